The van der Waals surface area contributed by atoms with Gasteiger partial charge in [-0.15, -0.1) is 0 Å². The van der Waals surface area contributed by atoms with Gasteiger partial charge in [0.15, 0.2) is 0 Å². The van der Waals surface area contributed by atoms with Crippen LogP contribution in [0.5, 0.6) is 0 Å². The van der Waals surface area contributed by atoms with Crippen LogP contribution < -0.4 is 16.0 Å². The van der Waals surface area contributed by atoms with Gasteiger partial charge in [-0.2, -0.15) is 0 Å². The third-order valence-corrected chi connectivity index (χ3v) is 4.29. The maximum absolute atomic E-state index is 12.5. The summed E-state index contributed by atoms with van der Waals surface area (Å²) in [6.45, 7) is 6.81. The SMILES string of the molecule is COCC(=O)N[C@H](C(=O)NCC1(COC)CCNCC1)C(C)C. The molecular weight excluding hydrogens is 298 g/mol. The van der Waals surface area contributed by atoms with E-state index < -0.39 is 6.04 Å². The van der Waals surface area contributed by atoms with Crippen molar-refractivity contribution in [3.05, 3.63) is 0 Å². The standard InChI is InChI=1S/C16H31N3O4/c1-12(2)14(19-13(20)9-22-3)15(21)18-10-16(11-23-4)5-7-17-8-6-16/h12,14,17H,5-11H2,1-4H3,(H,18,21)(H,19,20)/t14-/m0/s1. The van der Waals surface area contributed by atoms with Crippen molar-refractivity contribution < 1.29 is 19.1 Å². The van der Waals surface area contributed by atoms with Crippen molar-refractivity contribution in [3.8, 4) is 0 Å². The Morgan fingerprint density at radius 1 is 1.17 bits per heavy atom. The summed E-state index contributed by atoms with van der Waals surface area (Å²) in [7, 11) is 3.14. The Hall–Kier alpha value is -1.18. The second-order valence-electron chi connectivity index (χ2n) is 6.62. The summed E-state index contributed by atoms with van der Waals surface area (Å²) >= 11 is 0. The van der Waals surface area contributed by atoms with Gasteiger partial charge in [0.1, 0.15) is 12.6 Å². The van der Waals surface area contributed by atoms with E-state index in [1.807, 2.05) is 13.8 Å². The van der Waals surface area contributed by atoms with Gasteiger partial charge in [0.25, 0.3) is 0 Å². The maximum atomic E-state index is 12.5. The highest BCUT2D eigenvalue weighted by molar-refractivity contribution is 5.88. The number of amides is 2. The largest absolute Gasteiger partial charge is 0.384 e. The molecule has 1 atom stereocenters. The molecule has 0 radical (unpaired) electrons. The number of piperidine rings is 1. The van der Waals surface area contributed by atoms with Crippen LogP contribution >= 0.6 is 0 Å². The van der Waals surface area contributed by atoms with E-state index in [1.165, 1.54) is 7.11 Å². The monoisotopic (exact) mass is 329 g/mol. The lowest BCUT2D eigenvalue weighted by Crippen LogP contribution is -2.54. The first-order chi connectivity index (χ1) is 10.9. The average Bonchev–Trinajstić information content (AvgIpc) is 2.51. The Kier molecular flexibility index (Phi) is 8.51. The quantitative estimate of drug-likeness (QED) is 0.550. The minimum Gasteiger partial charge on any atom is -0.384 e. The van der Waals surface area contributed by atoms with Crippen LogP contribution in [0, 0.1) is 11.3 Å². The highest BCUT2D eigenvalue weighted by Gasteiger charge is 2.34. The molecule has 1 saturated heterocycles. The molecule has 0 spiro atoms. The molecule has 0 aliphatic carbocycles. The molecule has 1 aliphatic heterocycles. The topological polar surface area (TPSA) is 88.7 Å². The van der Waals surface area contributed by atoms with Crippen LogP contribution in [0.1, 0.15) is 26.7 Å². The zero-order chi connectivity index (χ0) is 17.3. The van der Waals surface area contributed by atoms with E-state index in [1.54, 1.807) is 7.11 Å². The van der Waals surface area contributed by atoms with Crippen molar-refractivity contribution in [1.82, 2.24) is 16.0 Å². The fourth-order valence-corrected chi connectivity index (χ4v) is 2.90. The maximum Gasteiger partial charge on any atom is 0.246 e. The number of nitrogens with one attached hydrogen (secondary N) is 3. The number of carbonyl (C=O) groups excluding carboxylic acids is 2. The summed E-state index contributed by atoms with van der Waals surface area (Å²) in [4.78, 5) is 24.2. The van der Waals surface area contributed by atoms with Crippen molar-refractivity contribution in [2.24, 2.45) is 11.3 Å². The summed E-state index contributed by atoms with van der Waals surface area (Å²) in [5, 5.41) is 9.06. The molecule has 23 heavy (non-hydrogen) atoms. The van der Waals surface area contributed by atoms with Crippen molar-refractivity contribution in [1.29, 1.82) is 0 Å². The lowest BCUT2D eigenvalue weighted by molar-refractivity contribution is -0.132. The van der Waals surface area contributed by atoms with E-state index in [4.69, 9.17) is 9.47 Å². The van der Waals surface area contributed by atoms with Crippen LogP contribution in [0.15, 0.2) is 0 Å². The first-order valence-electron chi connectivity index (χ1n) is 8.20. The van der Waals surface area contributed by atoms with Gasteiger partial charge in [-0.1, -0.05) is 13.8 Å². The molecule has 0 aromatic rings. The summed E-state index contributed by atoms with van der Waals surface area (Å²) < 4.78 is 10.2. The molecule has 7 heteroatoms. The zero-order valence-corrected chi connectivity index (χ0v) is 14.7. The number of ether oxygens (including phenoxy) is 2. The van der Waals surface area contributed by atoms with Crippen molar-refractivity contribution >= 4 is 11.8 Å². The minimum atomic E-state index is -0.557. The molecular formula is C16H31N3O4. The molecule has 1 heterocycles. The summed E-state index contributed by atoms with van der Waals surface area (Å²) in [5.74, 6) is -0.435. The normalized spacial score (nSPS) is 18.5. The van der Waals surface area contributed by atoms with E-state index in [-0.39, 0.29) is 29.8 Å². The number of hydrogen-bond donors (Lipinski definition) is 3. The Morgan fingerprint density at radius 2 is 1.83 bits per heavy atom. The third-order valence-electron chi connectivity index (χ3n) is 4.29. The minimum absolute atomic E-state index is 0.00204. The first-order valence-corrected chi connectivity index (χ1v) is 8.20. The first kappa shape index (κ1) is 19.9. The van der Waals surface area contributed by atoms with Crippen LogP contribution in [0.4, 0.5) is 0 Å². The molecule has 0 aromatic heterocycles. The Morgan fingerprint density at radius 3 is 2.35 bits per heavy atom. The van der Waals surface area contributed by atoms with Gasteiger partial charge in [-0.3, -0.25) is 9.59 Å². The fourth-order valence-electron chi connectivity index (χ4n) is 2.90. The van der Waals surface area contributed by atoms with Crippen LogP contribution in [0.25, 0.3) is 0 Å². The molecule has 0 bridgehead atoms. The third kappa shape index (κ3) is 6.45. The second-order valence-corrected chi connectivity index (χ2v) is 6.62. The number of carbonyl (C=O) groups is 2. The Bertz CT molecular complexity index is 376. The molecule has 134 valence electrons. The van der Waals surface area contributed by atoms with Crippen molar-refractivity contribution in [3.63, 3.8) is 0 Å². The molecule has 7 nitrogen and oxygen atoms in total. The van der Waals surface area contributed by atoms with Crippen LogP contribution in [-0.2, 0) is 19.1 Å². The molecule has 2 amide bonds. The van der Waals surface area contributed by atoms with Gasteiger partial charge in [0.05, 0.1) is 6.61 Å². The molecule has 1 aliphatic rings. The van der Waals surface area contributed by atoms with Crippen LogP contribution in [-0.4, -0.2) is 64.9 Å². The summed E-state index contributed by atoms with van der Waals surface area (Å²) in [6, 6.07) is -0.557. The number of methoxy groups -OCH3 is 2. The van der Waals surface area contributed by atoms with Gasteiger partial charge < -0.3 is 25.4 Å². The van der Waals surface area contributed by atoms with E-state index in [2.05, 4.69) is 16.0 Å². The molecule has 0 saturated carbocycles. The lowest BCUT2D eigenvalue weighted by Gasteiger charge is -2.37. The van der Waals surface area contributed by atoms with E-state index in [0.29, 0.717) is 13.2 Å². The van der Waals surface area contributed by atoms with E-state index >= 15 is 0 Å². The Labute approximate surface area is 138 Å². The smallest absolute Gasteiger partial charge is 0.246 e. The number of rotatable bonds is 9. The van der Waals surface area contributed by atoms with Gasteiger partial charge >= 0.3 is 0 Å². The van der Waals surface area contributed by atoms with Gasteiger partial charge in [0, 0.05) is 26.2 Å². The molecule has 0 unspecified atom stereocenters. The van der Waals surface area contributed by atoms with Gasteiger partial charge in [0.2, 0.25) is 11.8 Å². The second kappa shape index (κ2) is 9.85. The zero-order valence-electron chi connectivity index (χ0n) is 14.7. The molecule has 0 aromatic carbocycles. The highest BCUT2D eigenvalue weighted by atomic mass is 16.5. The van der Waals surface area contributed by atoms with Crippen molar-refractivity contribution in [2.75, 3.05) is 47.1 Å². The Balaban J connectivity index is 2.60. The average molecular weight is 329 g/mol. The molecule has 1 fully saturated rings. The van der Waals surface area contributed by atoms with Gasteiger partial charge in [-0.25, -0.2) is 0 Å². The predicted molar refractivity (Wildman–Crippen MR) is 88.1 cm³/mol. The molecule has 3 N–H and O–H groups in total. The van der Waals surface area contributed by atoms with E-state index in [9.17, 15) is 9.59 Å². The van der Waals surface area contributed by atoms with Gasteiger partial charge in [-0.05, 0) is 31.8 Å². The fraction of sp³-hybridized carbons (Fsp3) is 0.875. The lowest BCUT2D eigenvalue weighted by atomic mass is 9.79. The van der Waals surface area contributed by atoms with Crippen LogP contribution in [0.3, 0.4) is 0 Å². The number of hydrogen-bond acceptors (Lipinski definition) is 5. The van der Waals surface area contributed by atoms with E-state index in [0.717, 1.165) is 25.9 Å². The predicted octanol–water partition coefficient (Wildman–Crippen LogP) is -0.0940. The van der Waals surface area contributed by atoms with Crippen LogP contribution in [0.2, 0.25) is 0 Å². The highest BCUT2D eigenvalue weighted by Crippen LogP contribution is 2.28. The van der Waals surface area contributed by atoms with Crippen molar-refractivity contribution in [2.45, 2.75) is 32.7 Å². The summed E-state index contributed by atoms with van der Waals surface area (Å²) in [5.41, 5.74) is -0.0340. The molecule has 1 rings (SSSR count). The summed E-state index contributed by atoms with van der Waals surface area (Å²) in [6.07, 6.45) is 1.92.